The minimum absolute atomic E-state index is 0.231. The summed E-state index contributed by atoms with van der Waals surface area (Å²) in [6, 6.07) is 6.01. The molecular formula is C14H19ClN2. The fourth-order valence-corrected chi connectivity index (χ4v) is 2.41. The van der Waals surface area contributed by atoms with Gasteiger partial charge in [0.25, 0.3) is 0 Å². The standard InChI is InChI=1S/C14H19ClN2/c1-4-7-17-10-14(2,3)9-16-12-8-11(15)5-6-13(12)17/h4-6,8,16H,1,7,9-10H2,2-3H3. The topological polar surface area (TPSA) is 15.3 Å². The van der Waals surface area contributed by atoms with Crippen molar-refractivity contribution in [2.75, 3.05) is 29.9 Å². The van der Waals surface area contributed by atoms with E-state index in [9.17, 15) is 0 Å². The molecule has 0 amide bonds. The third kappa shape index (κ3) is 2.75. The summed E-state index contributed by atoms with van der Waals surface area (Å²) >= 11 is 6.05. The maximum absolute atomic E-state index is 6.05. The molecule has 0 unspecified atom stereocenters. The van der Waals surface area contributed by atoms with Gasteiger partial charge < -0.3 is 10.2 Å². The average molecular weight is 251 g/mol. The van der Waals surface area contributed by atoms with E-state index in [4.69, 9.17) is 11.6 Å². The summed E-state index contributed by atoms with van der Waals surface area (Å²) in [6.45, 7) is 11.2. The highest BCUT2D eigenvalue weighted by Crippen LogP contribution is 2.35. The van der Waals surface area contributed by atoms with Crippen LogP contribution in [-0.4, -0.2) is 19.6 Å². The number of nitrogens with one attached hydrogen (secondary N) is 1. The fourth-order valence-electron chi connectivity index (χ4n) is 2.24. The van der Waals surface area contributed by atoms with Gasteiger partial charge in [0.15, 0.2) is 0 Å². The van der Waals surface area contributed by atoms with Gasteiger partial charge in [-0.05, 0) is 23.6 Å². The molecule has 2 rings (SSSR count). The second kappa shape index (κ2) is 4.61. The zero-order valence-electron chi connectivity index (χ0n) is 10.5. The molecule has 0 fully saturated rings. The fraction of sp³-hybridized carbons (Fsp3) is 0.429. The molecule has 1 aromatic carbocycles. The van der Waals surface area contributed by atoms with Crippen LogP contribution in [0.1, 0.15) is 13.8 Å². The van der Waals surface area contributed by atoms with Gasteiger partial charge in [-0.1, -0.05) is 31.5 Å². The maximum atomic E-state index is 6.05. The summed E-state index contributed by atoms with van der Waals surface area (Å²) in [4.78, 5) is 2.35. The summed E-state index contributed by atoms with van der Waals surface area (Å²) < 4.78 is 0. The molecule has 1 N–H and O–H groups in total. The zero-order chi connectivity index (χ0) is 12.5. The Kier molecular flexibility index (Phi) is 3.34. The van der Waals surface area contributed by atoms with E-state index in [1.54, 1.807) is 0 Å². The van der Waals surface area contributed by atoms with Crippen LogP contribution in [0.25, 0.3) is 0 Å². The number of benzene rings is 1. The molecule has 0 radical (unpaired) electrons. The molecule has 1 aliphatic heterocycles. The van der Waals surface area contributed by atoms with Crippen LogP contribution in [0.15, 0.2) is 30.9 Å². The lowest BCUT2D eigenvalue weighted by atomic mass is 9.93. The van der Waals surface area contributed by atoms with E-state index in [1.165, 1.54) is 5.69 Å². The molecule has 0 saturated heterocycles. The van der Waals surface area contributed by atoms with Crippen molar-refractivity contribution in [1.82, 2.24) is 0 Å². The van der Waals surface area contributed by atoms with Crippen molar-refractivity contribution in [3.05, 3.63) is 35.9 Å². The Labute approximate surface area is 108 Å². The Morgan fingerprint density at radius 3 is 3.00 bits per heavy atom. The van der Waals surface area contributed by atoms with Gasteiger partial charge in [-0.2, -0.15) is 0 Å². The minimum Gasteiger partial charge on any atom is -0.383 e. The number of nitrogens with zero attached hydrogens (tertiary/aromatic N) is 1. The maximum Gasteiger partial charge on any atom is 0.0606 e. The van der Waals surface area contributed by atoms with Crippen LogP contribution in [0.3, 0.4) is 0 Å². The lowest BCUT2D eigenvalue weighted by Gasteiger charge is -2.30. The van der Waals surface area contributed by atoms with E-state index in [1.807, 2.05) is 18.2 Å². The molecule has 1 aliphatic rings. The van der Waals surface area contributed by atoms with Crippen molar-refractivity contribution in [2.24, 2.45) is 5.41 Å². The summed E-state index contributed by atoms with van der Waals surface area (Å²) in [5.41, 5.74) is 2.55. The Bertz CT molecular complexity index is 426. The number of halogens is 1. The number of anilines is 2. The first-order valence-corrected chi connectivity index (χ1v) is 6.29. The quantitative estimate of drug-likeness (QED) is 0.804. The molecule has 1 aromatic rings. The highest BCUT2D eigenvalue weighted by molar-refractivity contribution is 6.31. The Morgan fingerprint density at radius 2 is 2.29 bits per heavy atom. The third-order valence-corrected chi connectivity index (χ3v) is 3.26. The second-order valence-corrected chi connectivity index (χ2v) is 5.78. The molecule has 0 spiro atoms. The van der Waals surface area contributed by atoms with Gasteiger partial charge in [0.05, 0.1) is 11.4 Å². The number of rotatable bonds is 2. The molecular weight excluding hydrogens is 232 g/mol. The zero-order valence-corrected chi connectivity index (χ0v) is 11.2. The molecule has 2 nitrogen and oxygen atoms in total. The summed E-state index contributed by atoms with van der Waals surface area (Å²) in [7, 11) is 0. The van der Waals surface area contributed by atoms with Crippen LogP contribution in [0, 0.1) is 5.41 Å². The predicted octanol–water partition coefficient (Wildman–Crippen LogP) is 3.78. The first-order valence-electron chi connectivity index (χ1n) is 5.91. The van der Waals surface area contributed by atoms with E-state index in [0.717, 1.165) is 30.3 Å². The van der Waals surface area contributed by atoms with Crippen LogP contribution in [0.4, 0.5) is 11.4 Å². The lowest BCUT2D eigenvalue weighted by Crippen LogP contribution is -2.35. The van der Waals surface area contributed by atoms with Gasteiger partial charge in [-0.25, -0.2) is 0 Å². The molecule has 1 heterocycles. The molecule has 3 heteroatoms. The van der Waals surface area contributed by atoms with E-state index in [2.05, 4.69) is 36.7 Å². The normalized spacial score (nSPS) is 17.9. The van der Waals surface area contributed by atoms with Crippen LogP contribution in [0.2, 0.25) is 5.02 Å². The van der Waals surface area contributed by atoms with Crippen LogP contribution in [0.5, 0.6) is 0 Å². The van der Waals surface area contributed by atoms with E-state index >= 15 is 0 Å². The van der Waals surface area contributed by atoms with Gasteiger partial charge in [-0.3, -0.25) is 0 Å². The number of hydrogen-bond acceptors (Lipinski definition) is 2. The van der Waals surface area contributed by atoms with Crippen molar-refractivity contribution in [2.45, 2.75) is 13.8 Å². The van der Waals surface area contributed by atoms with Gasteiger partial charge in [0.2, 0.25) is 0 Å². The van der Waals surface area contributed by atoms with Crippen molar-refractivity contribution in [1.29, 1.82) is 0 Å². The lowest BCUT2D eigenvalue weighted by molar-refractivity contribution is 0.399. The molecule has 92 valence electrons. The monoisotopic (exact) mass is 250 g/mol. The summed E-state index contributed by atoms with van der Waals surface area (Å²) in [6.07, 6.45) is 1.94. The summed E-state index contributed by atoms with van der Waals surface area (Å²) in [5, 5.41) is 4.26. The largest absolute Gasteiger partial charge is 0.383 e. The van der Waals surface area contributed by atoms with Crippen molar-refractivity contribution in [3.63, 3.8) is 0 Å². The first-order chi connectivity index (χ1) is 8.02. The van der Waals surface area contributed by atoms with Gasteiger partial charge >= 0.3 is 0 Å². The van der Waals surface area contributed by atoms with Crippen LogP contribution >= 0.6 is 11.6 Å². The highest BCUT2D eigenvalue weighted by Gasteiger charge is 2.26. The first kappa shape index (κ1) is 12.3. The van der Waals surface area contributed by atoms with Crippen molar-refractivity contribution < 1.29 is 0 Å². The predicted molar refractivity (Wildman–Crippen MR) is 76.1 cm³/mol. The van der Waals surface area contributed by atoms with Gasteiger partial charge in [0, 0.05) is 24.7 Å². The molecule has 0 saturated carbocycles. The Hall–Kier alpha value is -1.15. The van der Waals surface area contributed by atoms with E-state index < -0.39 is 0 Å². The van der Waals surface area contributed by atoms with Gasteiger partial charge in [0.1, 0.15) is 0 Å². The summed E-state index contributed by atoms with van der Waals surface area (Å²) in [5.74, 6) is 0. The minimum atomic E-state index is 0.231. The smallest absolute Gasteiger partial charge is 0.0606 e. The highest BCUT2D eigenvalue weighted by atomic mass is 35.5. The molecule has 17 heavy (non-hydrogen) atoms. The Balaban J connectivity index is 2.40. The molecule has 0 atom stereocenters. The molecule has 0 bridgehead atoms. The molecule has 0 aliphatic carbocycles. The van der Waals surface area contributed by atoms with Crippen LogP contribution in [-0.2, 0) is 0 Å². The second-order valence-electron chi connectivity index (χ2n) is 5.35. The number of fused-ring (bicyclic) bond motifs is 1. The van der Waals surface area contributed by atoms with Crippen molar-refractivity contribution in [3.8, 4) is 0 Å². The number of hydrogen-bond donors (Lipinski definition) is 1. The van der Waals surface area contributed by atoms with E-state index in [0.29, 0.717) is 0 Å². The van der Waals surface area contributed by atoms with Gasteiger partial charge in [-0.15, -0.1) is 6.58 Å². The van der Waals surface area contributed by atoms with E-state index in [-0.39, 0.29) is 5.41 Å². The van der Waals surface area contributed by atoms with Crippen LogP contribution < -0.4 is 10.2 Å². The third-order valence-electron chi connectivity index (χ3n) is 3.03. The molecule has 0 aromatic heterocycles. The Morgan fingerprint density at radius 1 is 1.53 bits per heavy atom. The van der Waals surface area contributed by atoms with Crippen molar-refractivity contribution >= 4 is 23.0 Å². The SMILES string of the molecule is C=CCN1CC(C)(C)CNc2cc(Cl)ccc21. The average Bonchev–Trinajstić information content (AvgIpc) is 2.37.